The van der Waals surface area contributed by atoms with Gasteiger partial charge in [0.1, 0.15) is 5.75 Å². The normalized spacial score (nSPS) is 14.4. The van der Waals surface area contributed by atoms with Gasteiger partial charge in [-0.05, 0) is 51.1 Å². The summed E-state index contributed by atoms with van der Waals surface area (Å²) < 4.78 is 7.28. The van der Waals surface area contributed by atoms with Crippen molar-refractivity contribution in [3.8, 4) is 5.75 Å². The van der Waals surface area contributed by atoms with Crippen molar-refractivity contribution in [2.75, 3.05) is 33.3 Å². The van der Waals surface area contributed by atoms with E-state index in [1.54, 1.807) is 36.3 Å². The van der Waals surface area contributed by atoms with Gasteiger partial charge >= 0.3 is 0 Å². The summed E-state index contributed by atoms with van der Waals surface area (Å²) in [5.74, 6) is 0.778. The predicted molar refractivity (Wildman–Crippen MR) is 104 cm³/mol. The number of carbonyl (C=O) groups excluding carboxylic acids is 2. The molecular weight excluding hydrogens is 342 g/mol. The molecule has 1 saturated heterocycles. The average molecular weight is 369 g/mol. The van der Waals surface area contributed by atoms with Crippen LogP contribution in [0.5, 0.6) is 5.75 Å². The number of hydrogen-bond acceptors (Lipinski definition) is 3. The summed E-state index contributed by atoms with van der Waals surface area (Å²) in [6, 6.07) is 9.10. The Morgan fingerprint density at radius 1 is 0.963 bits per heavy atom. The lowest BCUT2D eigenvalue weighted by Gasteiger charge is -2.35. The highest BCUT2D eigenvalue weighted by Gasteiger charge is 2.27. The van der Waals surface area contributed by atoms with Crippen molar-refractivity contribution in [2.45, 2.75) is 27.3 Å². The molecule has 0 radical (unpaired) electrons. The molecule has 0 saturated carbocycles. The van der Waals surface area contributed by atoms with Gasteiger partial charge in [-0.1, -0.05) is 0 Å². The van der Waals surface area contributed by atoms with Gasteiger partial charge in [0.15, 0.2) is 0 Å². The zero-order valence-corrected chi connectivity index (χ0v) is 16.5. The summed E-state index contributed by atoms with van der Waals surface area (Å²) in [7, 11) is 1.60. The van der Waals surface area contributed by atoms with Gasteiger partial charge in [0.25, 0.3) is 11.8 Å². The molecule has 1 aromatic heterocycles. The van der Waals surface area contributed by atoms with Crippen molar-refractivity contribution in [2.24, 2.45) is 0 Å². The average Bonchev–Trinajstić information content (AvgIpc) is 3.00. The van der Waals surface area contributed by atoms with Gasteiger partial charge in [0, 0.05) is 49.7 Å². The molecule has 0 atom stereocenters. The maximum atomic E-state index is 12.9. The number of hydrogen-bond donors (Lipinski definition) is 0. The van der Waals surface area contributed by atoms with E-state index in [4.69, 9.17) is 4.74 Å². The highest BCUT2D eigenvalue weighted by molar-refractivity contribution is 5.97. The molecule has 1 aliphatic heterocycles. The molecule has 1 aromatic carbocycles. The molecule has 2 amide bonds. The second-order valence-electron chi connectivity index (χ2n) is 6.84. The van der Waals surface area contributed by atoms with Gasteiger partial charge in [-0.25, -0.2) is 0 Å². The highest BCUT2D eigenvalue weighted by Crippen LogP contribution is 2.19. The summed E-state index contributed by atoms with van der Waals surface area (Å²) in [6.07, 6.45) is 0. The van der Waals surface area contributed by atoms with E-state index in [1.807, 2.05) is 24.8 Å². The van der Waals surface area contributed by atoms with Crippen LogP contribution in [0.1, 0.15) is 39.0 Å². The molecule has 6 heteroatoms. The van der Waals surface area contributed by atoms with E-state index in [2.05, 4.69) is 11.5 Å². The third kappa shape index (κ3) is 3.70. The Labute approximate surface area is 160 Å². The lowest BCUT2D eigenvalue weighted by atomic mass is 10.1. The fourth-order valence-corrected chi connectivity index (χ4v) is 3.70. The topological polar surface area (TPSA) is 54.8 Å². The Balaban J connectivity index is 1.64. The summed E-state index contributed by atoms with van der Waals surface area (Å²) in [5.41, 5.74) is 3.52. The highest BCUT2D eigenvalue weighted by atomic mass is 16.5. The fraction of sp³-hybridized carbons (Fsp3) is 0.429. The van der Waals surface area contributed by atoms with Gasteiger partial charge in [-0.3, -0.25) is 9.59 Å². The van der Waals surface area contributed by atoms with Crippen LogP contribution in [0.25, 0.3) is 0 Å². The second kappa shape index (κ2) is 7.86. The SMILES string of the molecule is CCn1c(C)cc(C(=O)N2CCN(C(=O)c3ccc(OC)cc3)CC2)c1C. The number of amides is 2. The molecule has 6 nitrogen and oxygen atoms in total. The van der Waals surface area contributed by atoms with E-state index in [1.165, 1.54) is 0 Å². The van der Waals surface area contributed by atoms with Crippen molar-refractivity contribution in [1.82, 2.24) is 14.4 Å². The number of aryl methyl sites for hydroxylation is 1. The summed E-state index contributed by atoms with van der Waals surface area (Å²) >= 11 is 0. The molecule has 1 fully saturated rings. The summed E-state index contributed by atoms with van der Waals surface area (Å²) in [5, 5.41) is 0. The lowest BCUT2D eigenvalue weighted by molar-refractivity contribution is 0.0535. The standard InChI is InChI=1S/C21H27N3O3/c1-5-24-15(2)14-19(16(24)3)21(26)23-12-10-22(11-13-23)20(25)17-6-8-18(27-4)9-7-17/h6-9,14H,5,10-13H2,1-4H3. The fourth-order valence-electron chi connectivity index (χ4n) is 3.70. The minimum Gasteiger partial charge on any atom is -0.497 e. The van der Waals surface area contributed by atoms with Crippen molar-refractivity contribution in [3.05, 3.63) is 52.8 Å². The molecule has 0 aliphatic carbocycles. The summed E-state index contributed by atoms with van der Waals surface area (Å²) in [6.45, 7) is 9.15. The molecule has 27 heavy (non-hydrogen) atoms. The van der Waals surface area contributed by atoms with Crippen molar-refractivity contribution in [3.63, 3.8) is 0 Å². The van der Waals surface area contributed by atoms with Crippen molar-refractivity contribution < 1.29 is 14.3 Å². The first-order valence-electron chi connectivity index (χ1n) is 9.35. The molecule has 2 aromatic rings. The number of carbonyl (C=O) groups is 2. The zero-order chi connectivity index (χ0) is 19.6. The quantitative estimate of drug-likeness (QED) is 0.833. The maximum Gasteiger partial charge on any atom is 0.255 e. The first kappa shape index (κ1) is 19.0. The Morgan fingerprint density at radius 2 is 1.52 bits per heavy atom. The number of nitrogens with zero attached hydrogens (tertiary/aromatic N) is 3. The number of rotatable bonds is 4. The van der Waals surface area contributed by atoms with Gasteiger partial charge in [0.2, 0.25) is 0 Å². The summed E-state index contributed by atoms with van der Waals surface area (Å²) in [4.78, 5) is 29.2. The Morgan fingerprint density at radius 3 is 2.00 bits per heavy atom. The number of ether oxygens (including phenoxy) is 1. The van der Waals surface area contributed by atoms with Crippen LogP contribution in [-0.4, -0.2) is 59.5 Å². The lowest BCUT2D eigenvalue weighted by Crippen LogP contribution is -2.50. The Bertz CT molecular complexity index is 831. The van der Waals surface area contributed by atoms with Crippen LogP contribution in [-0.2, 0) is 6.54 Å². The molecule has 2 heterocycles. The van der Waals surface area contributed by atoms with Crippen LogP contribution in [0.15, 0.2) is 30.3 Å². The smallest absolute Gasteiger partial charge is 0.255 e. The monoisotopic (exact) mass is 369 g/mol. The van der Waals surface area contributed by atoms with Gasteiger partial charge in [0.05, 0.1) is 12.7 Å². The van der Waals surface area contributed by atoms with Crippen LogP contribution < -0.4 is 4.74 Å². The van der Waals surface area contributed by atoms with Gasteiger partial charge in [-0.2, -0.15) is 0 Å². The molecule has 3 rings (SSSR count). The van der Waals surface area contributed by atoms with Gasteiger partial charge in [-0.15, -0.1) is 0 Å². The van der Waals surface area contributed by atoms with Crippen LogP contribution in [0.2, 0.25) is 0 Å². The molecule has 1 aliphatic rings. The second-order valence-corrected chi connectivity index (χ2v) is 6.84. The minimum absolute atomic E-state index is 0.00564. The Kier molecular flexibility index (Phi) is 5.54. The number of piperazine rings is 1. The molecule has 0 bridgehead atoms. The van der Waals surface area contributed by atoms with E-state index >= 15 is 0 Å². The van der Waals surface area contributed by atoms with E-state index in [-0.39, 0.29) is 11.8 Å². The number of benzene rings is 1. The molecule has 0 unspecified atom stereocenters. The van der Waals surface area contributed by atoms with Crippen LogP contribution in [0, 0.1) is 13.8 Å². The number of methoxy groups -OCH3 is 1. The molecule has 0 spiro atoms. The van der Waals surface area contributed by atoms with Crippen molar-refractivity contribution in [1.29, 1.82) is 0 Å². The van der Waals surface area contributed by atoms with E-state index in [0.29, 0.717) is 31.7 Å². The van der Waals surface area contributed by atoms with Crippen LogP contribution in [0.3, 0.4) is 0 Å². The van der Waals surface area contributed by atoms with Crippen LogP contribution >= 0.6 is 0 Å². The van der Waals surface area contributed by atoms with Gasteiger partial charge < -0.3 is 19.1 Å². The minimum atomic E-state index is -0.00564. The Hall–Kier alpha value is -2.76. The largest absolute Gasteiger partial charge is 0.497 e. The molecule has 144 valence electrons. The van der Waals surface area contributed by atoms with E-state index in [9.17, 15) is 9.59 Å². The van der Waals surface area contributed by atoms with E-state index in [0.717, 1.165) is 29.2 Å². The zero-order valence-electron chi connectivity index (χ0n) is 16.5. The maximum absolute atomic E-state index is 12.9. The third-order valence-corrected chi connectivity index (χ3v) is 5.31. The predicted octanol–water partition coefficient (Wildman–Crippen LogP) is 2.73. The molecule has 0 N–H and O–H groups in total. The number of aromatic nitrogens is 1. The first-order chi connectivity index (χ1) is 13.0. The molecular formula is C21H27N3O3. The third-order valence-electron chi connectivity index (χ3n) is 5.31. The van der Waals surface area contributed by atoms with E-state index < -0.39 is 0 Å². The van der Waals surface area contributed by atoms with Crippen molar-refractivity contribution >= 4 is 11.8 Å². The first-order valence-corrected chi connectivity index (χ1v) is 9.35. The van der Waals surface area contributed by atoms with Crippen LogP contribution in [0.4, 0.5) is 0 Å².